The summed E-state index contributed by atoms with van der Waals surface area (Å²) in [5.41, 5.74) is 0.988. The number of fused-ring (bicyclic) bond motifs is 2. The molecule has 2 amide bonds. The smallest absolute Gasteiger partial charge is 0.285 e. The molecule has 2 aromatic heterocycles. The van der Waals surface area contributed by atoms with Crippen molar-refractivity contribution in [2.75, 3.05) is 26.1 Å². The van der Waals surface area contributed by atoms with E-state index in [1.54, 1.807) is 67.3 Å². The standard InChI is InChI=1S/C59H63N8O10P/c1-37(2)67(38(3)4)78(73-34-18-33-60)77-51-50(74-57(52(51)76-66-55(69)45-23-16-17-24-46(45)56(66)70)65-36-63-47-53(64-58(5,6)7)61-35-62-54(47)65)49(48(68)39-19-12-10-13-20-39)75-59(40-21-14-11-15-22-40,41-25-29-43(71-8)30-26-41)42-27-31-44(72-9)32-28-42/h10-17,19-32,35-38,49-52,57H,18,34H2,1-9H3,(H,61,62,64)/t49?,50-,51-,52-,57-,78?/m1/s1. The molecule has 7 aromatic rings. The largest absolute Gasteiger partial charge is 0.497 e. The highest BCUT2D eigenvalue weighted by molar-refractivity contribution is 7.44. The SMILES string of the molecule is COc1ccc(C(OC(C(=O)c2ccccc2)[C@H]2O[C@@H](n3cnc4c(NC(C)(C)C)ncnc43)[C@H](ON3C(=O)c4ccccc4C3=O)[C@@H]2OP(OCCC#N)N(C(C)C)C(C)C)(c2ccccc2)c2ccc(OC)cc2)cc1. The quantitative estimate of drug-likeness (QED) is 0.0221. The number of nitrogens with one attached hydrogen (secondary N) is 1. The first-order chi connectivity index (χ1) is 37.6. The van der Waals surface area contributed by atoms with Crippen LogP contribution in [0, 0.1) is 11.3 Å². The van der Waals surface area contributed by atoms with Crippen LogP contribution >= 0.6 is 8.53 Å². The summed E-state index contributed by atoms with van der Waals surface area (Å²) >= 11 is 0. The summed E-state index contributed by atoms with van der Waals surface area (Å²) in [5.74, 6) is -0.363. The number of hydrogen-bond donors (Lipinski definition) is 1. The molecule has 2 unspecified atom stereocenters. The van der Waals surface area contributed by atoms with Crippen LogP contribution in [0.4, 0.5) is 5.82 Å². The van der Waals surface area contributed by atoms with Crippen LogP contribution in [-0.4, -0.2) is 110 Å². The maximum atomic E-state index is 16.2. The molecule has 1 N–H and O–H groups in total. The van der Waals surface area contributed by atoms with Crippen LogP contribution in [0.15, 0.2) is 146 Å². The van der Waals surface area contributed by atoms with Gasteiger partial charge in [0.1, 0.15) is 35.6 Å². The number of ketones is 1. The minimum Gasteiger partial charge on any atom is -0.497 e. The molecule has 9 rings (SSSR count). The third kappa shape index (κ3) is 11.1. The summed E-state index contributed by atoms with van der Waals surface area (Å²) in [7, 11) is 0.970. The van der Waals surface area contributed by atoms with Crippen LogP contribution in [0.2, 0.25) is 0 Å². The Bertz CT molecular complexity index is 3170. The summed E-state index contributed by atoms with van der Waals surface area (Å²) in [5, 5.41) is 13.9. The maximum absolute atomic E-state index is 16.2. The molecule has 2 aliphatic heterocycles. The van der Waals surface area contributed by atoms with E-state index in [-0.39, 0.29) is 47.4 Å². The van der Waals surface area contributed by atoms with Gasteiger partial charge in [-0.15, -0.1) is 5.06 Å². The predicted octanol–water partition coefficient (Wildman–Crippen LogP) is 10.5. The Morgan fingerprint density at radius 3 is 1.85 bits per heavy atom. The van der Waals surface area contributed by atoms with E-state index in [2.05, 4.69) is 16.4 Å². The fourth-order valence-electron chi connectivity index (χ4n) is 9.89. The lowest BCUT2D eigenvalue weighted by atomic mass is 9.79. The summed E-state index contributed by atoms with van der Waals surface area (Å²) in [6, 6.07) is 41.3. The first kappa shape index (κ1) is 55.3. The number of nitriles is 1. The number of carbonyl (C=O) groups is 3. The van der Waals surface area contributed by atoms with Gasteiger partial charge in [0, 0.05) is 23.2 Å². The molecule has 19 heteroatoms. The number of hydroxylamine groups is 2. The van der Waals surface area contributed by atoms with Gasteiger partial charge in [-0.2, -0.15) is 5.26 Å². The van der Waals surface area contributed by atoms with Crippen molar-refractivity contribution in [1.29, 1.82) is 5.26 Å². The van der Waals surface area contributed by atoms with Crippen molar-refractivity contribution in [2.45, 2.75) is 109 Å². The Hall–Kier alpha value is -7.46. The Labute approximate surface area is 455 Å². The lowest BCUT2D eigenvalue weighted by molar-refractivity contribution is -0.175. The van der Waals surface area contributed by atoms with Gasteiger partial charge in [0.25, 0.3) is 20.3 Å². The molecule has 6 atom stereocenters. The van der Waals surface area contributed by atoms with E-state index in [1.165, 1.54) is 12.7 Å². The number of hydrogen-bond acceptors (Lipinski definition) is 16. The van der Waals surface area contributed by atoms with Crippen molar-refractivity contribution >= 4 is 43.1 Å². The van der Waals surface area contributed by atoms with Crippen molar-refractivity contribution < 1.29 is 47.2 Å². The van der Waals surface area contributed by atoms with Gasteiger partial charge in [-0.05, 0) is 102 Å². The predicted molar refractivity (Wildman–Crippen MR) is 292 cm³/mol. The number of carbonyl (C=O) groups excluding carboxylic acids is 3. The van der Waals surface area contributed by atoms with E-state index in [0.29, 0.717) is 44.6 Å². The number of Topliss-reactive ketones (excluding diaryl/α,β-unsaturated/α-hetero) is 1. The van der Waals surface area contributed by atoms with Crippen LogP contribution in [0.25, 0.3) is 11.2 Å². The first-order valence-electron chi connectivity index (χ1n) is 25.7. The van der Waals surface area contributed by atoms with E-state index in [9.17, 15) is 14.9 Å². The van der Waals surface area contributed by atoms with E-state index in [1.807, 2.05) is 138 Å². The van der Waals surface area contributed by atoms with Crippen LogP contribution in [0.3, 0.4) is 0 Å². The van der Waals surface area contributed by atoms with Gasteiger partial charge in [0.05, 0.1) is 50.8 Å². The number of aromatic nitrogens is 4. The normalized spacial score (nSPS) is 18.4. The zero-order valence-electron chi connectivity index (χ0n) is 45.0. The molecule has 0 bridgehead atoms. The zero-order chi connectivity index (χ0) is 55.3. The van der Waals surface area contributed by atoms with Crippen LogP contribution in [0.1, 0.15) is 109 Å². The molecule has 404 valence electrons. The van der Waals surface area contributed by atoms with Crippen molar-refractivity contribution in [3.8, 4) is 17.6 Å². The molecule has 0 radical (unpaired) electrons. The van der Waals surface area contributed by atoms with Crippen LogP contribution in [0.5, 0.6) is 11.5 Å². The summed E-state index contributed by atoms with van der Waals surface area (Å²) < 4.78 is 44.3. The average molecular weight is 1080 g/mol. The maximum Gasteiger partial charge on any atom is 0.285 e. The van der Waals surface area contributed by atoms with Crippen molar-refractivity contribution in [1.82, 2.24) is 29.3 Å². The fraction of sp³-hybridized carbons (Fsp3) is 0.339. The van der Waals surface area contributed by atoms with Crippen LogP contribution < -0.4 is 14.8 Å². The molecular weight excluding hydrogens is 1010 g/mol. The van der Waals surface area contributed by atoms with Gasteiger partial charge >= 0.3 is 0 Å². The van der Waals surface area contributed by atoms with E-state index < -0.39 is 67.9 Å². The van der Waals surface area contributed by atoms with Crippen molar-refractivity contribution in [2.24, 2.45) is 0 Å². The number of anilines is 1. The van der Waals surface area contributed by atoms with Gasteiger partial charge in [-0.1, -0.05) is 97.1 Å². The fourth-order valence-corrected chi connectivity index (χ4v) is 11.6. The lowest BCUT2D eigenvalue weighted by Gasteiger charge is -2.42. The number of nitrogens with zero attached hydrogens (tertiary/aromatic N) is 7. The Morgan fingerprint density at radius 2 is 1.31 bits per heavy atom. The van der Waals surface area contributed by atoms with Gasteiger partial charge in [-0.25, -0.2) is 19.6 Å². The number of methoxy groups -OCH3 is 2. The van der Waals surface area contributed by atoms with Gasteiger partial charge < -0.3 is 33.3 Å². The Morgan fingerprint density at radius 1 is 0.756 bits per heavy atom. The average Bonchev–Trinajstić information content (AvgIpc) is 4.15. The molecule has 0 saturated carbocycles. The topological polar surface area (TPSA) is 202 Å². The third-order valence-electron chi connectivity index (χ3n) is 13.3. The number of ether oxygens (including phenoxy) is 4. The molecule has 78 heavy (non-hydrogen) atoms. The second kappa shape index (κ2) is 23.6. The zero-order valence-corrected chi connectivity index (χ0v) is 45.9. The summed E-state index contributed by atoms with van der Waals surface area (Å²) in [6.45, 7) is 13.9. The number of imide groups is 1. The molecule has 0 spiro atoms. The number of rotatable bonds is 22. The van der Waals surface area contributed by atoms with Gasteiger partial charge in [-0.3, -0.25) is 23.8 Å². The Balaban J connectivity index is 1.33. The number of imidazole rings is 1. The molecule has 0 aliphatic carbocycles. The highest BCUT2D eigenvalue weighted by Gasteiger charge is 2.59. The monoisotopic (exact) mass is 1070 g/mol. The lowest BCUT2D eigenvalue weighted by Crippen LogP contribution is -2.51. The molecule has 1 fully saturated rings. The number of benzene rings is 5. The molecule has 18 nitrogen and oxygen atoms in total. The molecule has 1 saturated heterocycles. The second-order valence-corrected chi connectivity index (χ2v) is 21.7. The minimum absolute atomic E-state index is 0.0225. The molecule has 4 heterocycles. The van der Waals surface area contributed by atoms with Crippen molar-refractivity contribution in [3.05, 3.63) is 179 Å². The van der Waals surface area contributed by atoms with Crippen molar-refractivity contribution in [3.63, 3.8) is 0 Å². The first-order valence-corrected chi connectivity index (χ1v) is 26.8. The number of amides is 2. The molecule has 5 aromatic carbocycles. The highest BCUT2D eigenvalue weighted by Crippen LogP contribution is 2.53. The van der Waals surface area contributed by atoms with Gasteiger partial charge in [0.2, 0.25) is 0 Å². The third-order valence-corrected chi connectivity index (χ3v) is 15.4. The van der Waals surface area contributed by atoms with Gasteiger partial charge in [0.15, 0.2) is 41.2 Å². The highest BCUT2D eigenvalue weighted by atomic mass is 31.2. The molecular formula is C59H63N8O10P. The van der Waals surface area contributed by atoms with E-state index in [0.717, 1.165) is 0 Å². The van der Waals surface area contributed by atoms with E-state index >= 15 is 4.79 Å². The van der Waals surface area contributed by atoms with E-state index in [4.69, 9.17) is 42.8 Å². The molecule has 2 aliphatic rings. The second-order valence-electron chi connectivity index (χ2n) is 20.3. The minimum atomic E-state index is -2.19. The van der Waals surface area contributed by atoms with Crippen LogP contribution in [-0.2, 0) is 29.0 Å². The Kier molecular flexibility index (Phi) is 16.8. The summed E-state index contributed by atoms with van der Waals surface area (Å²) in [4.78, 5) is 66.2. The summed E-state index contributed by atoms with van der Waals surface area (Å²) in [6.07, 6.45) is -4.50.